The number of benzene rings is 4. The highest BCUT2D eigenvalue weighted by molar-refractivity contribution is 14.1. The van der Waals surface area contributed by atoms with Gasteiger partial charge in [0.15, 0.2) is 5.58 Å². The molecule has 0 bridgehead atoms. The van der Waals surface area contributed by atoms with Gasteiger partial charge in [0.25, 0.3) is 0 Å². The third-order valence-corrected chi connectivity index (χ3v) is 6.19. The molecule has 4 aromatic carbocycles. The summed E-state index contributed by atoms with van der Waals surface area (Å²) in [4.78, 5) is 21.4. The molecule has 5 aromatic rings. The molecule has 1 heterocycles. The van der Waals surface area contributed by atoms with E-state index in [-0.39, 0.29) is 5.97 Å². The zero-order valence-electron chi connectivity index (χ0n) is 17.6. The number of rotatable bonds is 5. The molecule has 0 saturated carbocycles. The predicted molar refractivity (Wildman–Crippen MR) is 142 cm³/mol. The molecule has 0 N–H and O–H groups in total. The molecule has 0 aliphatic heterocycles. The summed E-state index contributed by atoms with van der Waals surface area (Å²) in [5.74, 6) is 0.627. The number of esters is 1. The third-order valence-electron chi connectivity index (χ3n) is 5.01. The van der Waals surface area contributed by atoms with Crippen LogP contribution >= 0.6 is 34.2 Å². The second-order valence-corrected chi connectivity index (χ2v) is 8.97. The number of hydrogen-bond acceptors (Lipinski definition) is 5. The van der Waals surface area contributed by atoms with Gasteiger partial charge in [-0.3, -0.25) is 4.99 Å². The van der Waals surface area contributed by atoms with Crippen LogP contribution in [0, 0.1) is 3.57 Å². The average molecular weight is 579 g/mol. The Kier molecular flexibility index (Phi) is 6.42. The van der Waals surface area contributed by atoms with Crippen molar-refractivity contribution in [1.82, 2.24) is 4.98 Å². The number of ether oxygens (including phenoxy) is 1. The van der Waals surface area contributed by atoms with E-state index in [4.69, 9.17) is 20.8 Å². The molecule has 0 atom stereocenters. The first-order chi connectivity index (χ1) is 16.5. The highest BCUT2D eigenvalue weighted by atomic mass is 127. The van der Waals surface area contributed by atoms with Gasteiger partial charge in [0.2, 0.25) is 5.89 Å². The van der Waals surface area contributed by atoms with Gasteiger partial charge in [0.1, 0.15) is 11.3 Å². The smallest absolute Gasteiger partial charge is 0.344 e. The van der Waals surface area contributed by atoms with E-state index in [0.29, 0.717) is 27.8 Å². The van der Waals surface area contributed by atoms with Crippen molar-refractivity contribution in [2.45, 2.75) is 0 Å². The number of halogens is 2. The van der Waals surface area contributed by atoms with E-state index >= 15 is 0 Å². The highest BCUT2D eigenvalue weighted by Crippen LogP contribution is 2.27. The van der Waals surface area contributed by atoms with Gasteiger partial charge in [-0.1, -0.05) is 23.7 Å². The Morgan fingerprint density at radius 3 is 2.50 bits per heavy atom. The number of nitrogens with zero attached hydrogens (tertiary/aromatic N) is 2. The number of aromatic nitrogens is 1. The molecule has 0 saturated heterocycles. The molecule has 0 fully saturated rings. The van der Waals surface area contributed by atoms with Crippen LogP contribution in [0.4, 0.5) is 5.69 Å². The van der Waals surface area contributed by atoms with Gasteiger partial charge in [0, 0.05) is 20.4 Å². The van der Waals surface area contributed by atoms with E-state index in [0.717, 1.165) is 25.9 Å². The minimum absolute atomic E-state index is 0.381. The van der Waals surface area contributed by atoms with Gasteiger partial charge in [-0.05, 0) is 107 Å². The zero-order chi connectivity index (χ0) is 23.5. The first kappa shape index (κ1) is 22.3. The minimum Gasteiger partial charge on any atom is -0.436 e. The summed E-state index contributed by atoms with van der Waals surface area (Å²) in [6.07, 6.45) is 1.75. The van der Waals surface area contributed by atoms with E-state index in [1.807, 2.05) is 54.6 Å². The molecule has 0 aliphatic carbocycles. The second kappa shape index (κ2) is 9.79. The first-order valence-corrected chi connectivity index (χ1v) is 11.8. The largest absolute Gasteiger partial charge is 0.436 e. The van der Waals surface area contributed by atoms with E-state index in [2.05, 4.69) is 32.6 Å². The number of fused-ring (bicyclic) bond motifs is 1. The normalized spacial score (nSPS) is 11.2. The Labute approximate surface area is 214 Å². The Morgan fingerprint density at radius 1 is 0.971 bits per heavy atom. The molecule has 5 rings (SSSR count). The fourth-order valence-electron chi connectivity index (χ4n) is 3.27. The van der Waals surface area contributed by atoms with Gasteiger partial charge in [-0.15, -0.1) is 0 Å². The SMILES string of the molecule is O=C(Oc1ccc(C=Nc2ccc(-c3nc4cc(Cl)ccc4o3)cc2)cc1)c1ccccc1I. The second-order valence-electron chi connectivity index (χ2n) is 7.37. The Bertz CT molecular complexity index is 1510. The lowest BCUT2D eigenvalue weighted by molar-refractivity contribution is 0.0733. The third kappa shape index (κ3) is 5.03. The summed E-state index contributed by atoms with van der Waals surface area (Å²) in [7, 11) is 0. The topological polar surface area (TPSA) is 64.7 Å². The standard InChI is InChI=1S/C27H16ClIN2O3/c28-19-9-14-25-24(15-19)31-26(34-25)18-7-10-20(11-8-18)30-16-17-5-12-21(13-6-17)33-27(32)22-3-1-2-4-23(22)29/h1-16H. The fraction of sp³-hybridized carbons (Fsp3) is 0. The molecular formula is C27H16ClIN2O3. The lowest BCUT2D eigenvalue weighted by Crippen LogP contribution is -2.10. The molecule has 0 radical (unpaired) electrons. The van der Waals surface area contributed by atoms with E-state index in [1.54, 1.807) is 42.6 Å². The molecule has 1 aromatic heterocycles. The molecule has 0 unspecified atom stereocenters. The van der Waals surface area contributed by atoms with Gasteiger partial charge in [-0.25, -0.2) is 9.78 Å². The monoisotopic (exact) mass is 578 g/mol. The van der Waals surface area contributed by atoms with Crippen molar-refractivity contribution in [3.8, 4) is 17.2 Å². The van der Waals surface area contributed by atoms with Crippen LogP contribution in [0.25, 0.3) is 22.6 Å². The summed E-state index contributed by atoms with van der Waals surface area (Å²) in [6.45, 7) is 0. The summed E-state index contributed by atoms with van der Waals surface area (Å²) in [6, 6.07) is 27.5. The van der Waals surface area contributed by atoms with Gasteiger partial charge in [-0.2, -0.15) is 0 Å². The maximum Gasteiger partial charge on any atom is 0.344 e. The quantitative estimate of drug-likeness (QED) is 0.0927. The molecule has 0 amide bonds. The molecule has 0 spiro atoms. The average Bonchev–Trinajstić information content (AvgIpc) is 3.27. The van der Waals surface area contributed by atoms with Crippen LogP contribution in [0.3, 0.4) is 0 Å². The van der Waals surface area contributed by atoms with Crippen molar-refractivity contribution >= 4 is 63.2 Å². The van der Waals surface area contributed by atoms with Crippen molar-refractivity contribution in [3.05, 3.63) is 111 Å². The Balaban J connectivity index is 1.25. The van der Waals surface area contributed by atoms with Crippen molar-refractivity contribution in [2.24, 2.45) is 4.99 Å². The molecular weight excluding hydrogens is 563 g/mol. The summed E-state index contributed by atoms with van der Waals surface area (Å²) in [5.41, 5.74) is 4.47. The van der Waals surface area contributed by atoms with Gasteiger partial charge in [0.05, 0.1) is 11.3 Å². The summed E-state index contributed by atoms with van der Waals surface area (Å²) >= 11 is 8.14. The van der Waals surface area contributed by atoms with Crippen LogP contribution in [0.15, 0.2) is 100 Å². The van der Waals surface area contributed by atoms with Crippen LogP contribution in [0.1, 0.15) is 15.9 Å². The maximum absolute atomic E-state index is 12.4. The summed E-state index contributed by atoms with van der Waals surface area (Å²) in [5, 5.41) is 0.620. The lowest BCUT2D eigenvalue weighted by atomic mass is 10.2. The maximum atomic E-state index is 12.4. The lowest BCUT2D eigenvalue weighted by Gasteiger charge is -2.06. The number of carbonyl (C=O) groups is 1. The minimum atomic E-state index is -0.381. The molecule has 34 heavy (non-hydrogen) atoms. The van der Waals surface area contributed by atoms with Crippen LogP contribution in [-0.2, 0) is 0 Å². The molecule has 7 heteroatoms. The molecule has 0 aliphatic rings. The van der Waals surface area contributed by atoms with Gasteiger partial charge < -0.3 is 9.15 Å². The predicted octanol–water partition coefficient (Wildman–Crippen LogP) is 7.72. The van der Waals surface area contributed by atoms with Crippen LogP contribution in [0.5, 0.6) is 5.75 Å². The number of carbonyl (C=O) groups excluding carboxylic acids is 1. The number of aliphatic imine (C=N–C) groups is 1. The van der Waals surface area contributed by atoms with Crippen molar-refractivity contribution in [1.29, 1.82) is 0 Å². The first-order valence-electron chi connectivity index (χ1n) is 10.3. The van der Waals surface area contributed by atoms with Crippen LogP contribution in [0.2, 0.25) is 5.02 Å². The zero-order valence-corrected chi connectivity index (χ0v) is 20.5. The highest BCUT2D eigenvalue weighted by Gasteiger charge is 2.12. The molecule has 166 valence electrons. The number of hydrogen-bond donors (Lipinski definition) is 0. The Hall–Kier alpha value is -3.49. The summed E-state index contributed by atoms with van der Waals surface area (Å²) < 4.78 is 12.1. The fourth-order valence-corrected chi connectivity index (χ4v) is 4.05. The van der Waals surface area contributed by atoms with Crippen LogP contribution in [-0.4, -0.2) is 17.2 Å². The van der Waals surface area contributed by atoms with E-state index < -0.39 is 0 Å². The number of oxazole rings is 1. The van der Waals surface area contributed by atoms with Gasteiger partial charge >= 0.3 is 5.97 Å². The Morgan fingerprint density at radius 2 is 1.74 bits per heavy atom. The van der Waals surface area contributed by atoms with Crippen molar-refractivity contribution in [2.75, 3.05) is 0 Å². The van der Waals surface area contributed by atoms with Crippen molar-refractivity contribution < 1.29 is 13.9 Å². The van der Waals surface area contributed by atoms with E-state index in [1.165, 1.54) is 0 Å². The van der Waals surface area contributed by atoms with E-state index in [9.17, 15) is 4.79 Å². The van der Waals surface area contributed by atoms with Crippen molar-refractivity contribution in [3.63, 3.8) is 0 Å². The van der Waals surface area contributed by atoms with Crippen LogP contribution < -0.4 is 4.74 Å². The molecule has 5 nitrogen and oxygen atoms in total.